The van der Waals surface area contributed by atoms with Gasteiger partial charge >= 0.3 is 0 Å². The Labute approximate surface area is 94.0 Å². The van der Waals surface area contributed by atoms with Crippen LogP contribution in [-0.4, -0.2) is 10.1 Å². The highest BCUT2D eigenvalue weighted by Crippen LogP contribution is 2.30. The molecule has 5 nitrogen and oxygen atoms in total. The zero-order valence-electron chi connectivity index (χ0n) is 9.74. The minimum Gasteiger partial charge on any atom is -0.335 e. The summed E-state index contributed by atoms with van der Waals surface area (Å²) in [7, 11) is 0. The average Bonchev–Trinajstić information content (AvgIpc) is 2.71. The molecular weight excluding hydrogens is 204 g/mol. The highest BCUT2D eigenvalue weighted by Gasteiger charge is 2.17. The van der Waals surface area contributed by atoms with E-state index in [1.54, 1.807) is 0 Å². The van der Waals surface area contributed by atoms with E-state index in [9.17, 15) is 0 Å². The summed E-state index contributed by atoms with van der Waals surface area (Å²) >= 11 is 0. The van der Waals surface area contributed by atoms with E-state index in [0.29, 0.717) is 5.71 Å². The largest absolute Gasteiger partial charge is 0.335 e. The van der Waals surface area contributed by atoms with Gasteiger partial charge in [0.25, 0.3) is 5.71 Å². The first kappa shape index (κ1) is 10.9. The van der Waals surface area contributed by atoms with Crippen LogP contribution in [0.1, 0.15) is 38.1 Å². The monoisotopic (exact) mass is 220 g/mol. The van der Waals surface area contributed by atoms with Gasteiger partial charge in [-0.15, -0.1) is 0 Å². The van der Waals surface area contributed by atoms with Gasteiger partial charge in [-0.3, -0.25) is 5.84 Å². The summed E-state index contributed by atoms with van der Waals surface area (Å²) in [6.45, 7) is 6.16. The summed E-state index contributed by atoms with van der Waals surface area (Å²) < 4.78 is 5.24. The number of hydrogen-bond acceptors (Lipinski definition) is 5. The van der Waals surface area contributed by atoms with Crippen molar-refractivity contribution in [3.05, 3.63) is 17.5 Å². The predicted octanol–water partition coefficient (Wildman–Crippen LogP) is 2.19. The first-order valence-corrected chi connectivity index (χ1v) is 5.43. The van der Waals surface area contributed by atoms with Gasteiger partial charge in [-0.25, -0.2) is 4.98 Å². The minimum atomic E-state index is 0.280. The Morgan fingerprint density at radius 2 is 2.25 bits per heavy atom. The maximum absolute atomic E-state index is 5.52. The summed E-state index contributed by atoms with van der Waals surface area (Å²) in [6.07, 6.45) is 0.836. The van der Waals surface area contributed by atoms with Crippen molar-refractivity contribution in [2.24, 2.45) is 5.84 Å². The number of nitrogens with two attached hydrogens (primary N) is 1. The maximum atomic E-state index is 5.52. The molecule has 2 aromatic rings. The van der Waals surface area contributed by atoms with Crippen LogP contribution in [0.15, 0.2) is 10.6 Å². The number of nitrogens with one attached hydrogen (secondary N) is 1. The van der Waals surface area contributed by atoms with Crippen molar-refractivity contribution in [3.8, 4) is 0 Å². The molecule has 0 fully saturated rings. The van der Waals surface area contributed by atoms with E-state index in [2.05, 4.69) is 29.4 Å². The molecule has 0 aromatic carbocycles. The van der Waals surface area contributed by atoms with Crippen LogP contribution >= 0.6 is 0 Å². The molecule has 0 spiro atoms. The van der Waals surface area contributed by atoms with E-state index in [1.807, 2.05) is 13.0 Å². The number of aryl methyl sites for hydroxylation is 1. The van der Waals surface area contributed by atoms with Crippen molar-refractivity contribution >= 4 is 16.8 Å². The van der Waals surface area contributed by atoms with Crippen molar-refractivity contribution in [1.29, 1.82) is 0 Å². The number of aromatic nitrogens is 2. The molecule has 0 amide bonds. The normalized spacial score (nSPS) is 11.3. The molecule has 3 N–H and O–H groups in total. The summed E-state index contributed by atoms with van der Waals surface area (Å²) in [5.74, 6) is 5.80. The SMILES string of the molecule is CCc1cc(NN)c2c(C(C)C)noc2n1. The van der Waals surface area contributed by atoms with Crippen molar-refractivity contribution in [3.63, 3.8) is 0 Å². The molecule has 0 saturated carbocycles. The van der Waals surface area contributed by atoms with Crippen molar-refractivity contribution in [2.45, 2.75) is 33.1 Å². The van der Waals surface area contributed by atoms with Gasteiger partial charge in [-0.2, -0.15) is 0 Å². The molecule has 0 saturated heterocycles. The summed E-state index contributed by atoms with van der Waals surface area (Å²) in [4.78, 5) is 4.38. The molecule has 0 aliphatic rings. The lowest BCUT2D eigenvalue weighted by molar-refractivity contribution is 0.434. The van der Waals surface area contributed by atoms with E-state index in [0.717, 1.165) is 28.9 Å². The van der Waals surface area contributed by atoms with Crippen LogP contribution in [0.25, 0.3) is 11.1 Å². The van der Waals surface area contributed by atoms with Crippen molar-refractivity contribution in [1.82, 2.24) is 10.1 Å². The topological polar surface area (TPSA) is 77.0 Å². The lowest BCUT2D eigenvalue weighted by Gasteiger charge is -2.06. The third kappa shape index (κ3) is 1.63. The second kappa shape index (κ2) is 4.09. The van der Waals surface area contributed by atoms with Crippen molar-refractivity contribution in [2.75, 3.05) is 5.43 Å². The maximum Gasteiger partial charge on any atom is 0.260 e. The van der Waals surface area contributed by atoms with E-state index >= 15 is 0 Å². The Kier molecular flexibility index (Phi) is 2.78. The Morgan fingerprint density at radius 3 is 2.81 bits per heavy atom. The smallest absolute Gasteiger partial charge is 0.260 e. The molecule has 0 unspecified atom stereocenters. The van der Waals surface area contributed by atoms with Crippen LogP contribution in [0, 0.1) is 0 Å². The van der Waals surface area contributed by atoms with Gasteiger partial charge in [0.05, 0.1) is 16.8 Å². The van der Waals surface area contributed by atoms with E-state index in [1.165, 1.54) is 0 Å². The van der Waals surface area contributed by atoms with E-state index in [-0.39, 0.29) is 5.92 Å². The molecular formula is C11H16N4O. The second-order valence-corrected chi connectivity index (χ2v) is 4.06. The third-order valence-electron chi connectivity index (χ3n) is 2.59. The fraction of sp³-hybridized carbons (Fsp3) is 0.455. The predicted molar refractivity (Wildman–Crippen MR) is 63.1 cm³/mol. The quantitative estimate of drug-likeness (QED) is 0.612. The number of hydrazine groups is 1. The van der Waals surface area contributed by atoms with Crippen LogP contribution in [0.3, 0.4) is 0 Å². The van der Waals surface area contributed by atoms with Crippen LogP contribution in [0.2, 0.25) is 0 Å². The Hall–Kier alpha value is -1.62. The van der Waals surface area contributed by atoms with E-state index < -0.39 is 0 Å². The first-order valence-electron chi connectivity index (χ1n) is 5.43. The summed E-state index contributed by atoms with van der Waals surface area (Å²) in [5, 5.41) is 4.93. The number of fused-ring (bicyclic) bond motifs is 1. The van der Waals surface area contributed by atoms with Gasteiger partial charge in [0.1, 0.15) is 0 Å². The highest BCUT2D eigenvalue weighted by molar-refractivity contribution is 5.90. The average molecular weight is 220 g/mol. The van der Waals surface area contributed by atoms with Gasteiger partial charge in [-0.1, -0.05) is 25.9 Å². The van der Waals surface area contributed by atoms with Crippen LogP contribution < -0.4 is 11.3 Å². The van der Waals surface area contributed by atoms with Gasteiger partial charge in [0, 0.05) is 5.69 Å². The lowest BCUT2D eigenvalue weighted by atomic mass is 10.1. The molecule has 86 valence electrons. The van der Waals surface area contributed by atoms with Crippen molar-refractivity contribution < 1.29 is 4.52 Å². The van der Waals surface area contributed by atoms with Crippen LogP contribution in [0.5, 0.6) is 0 Å². The number of rotatable bonds is 3. The number of anilines is 1. The summed E-state index contributed by atoms with van der Waals surface area (Å²) in [5.41, 5.74) is 5.89. The molecule has 16 heavy (non-hydrogen) atoms. The molecule has 2 heterocycles. The molecule has 5 heteroatoms. The Balaban J connectivity index is 2.72. The standard InChI is InChI=1S/C11H16N4O/c1-4-7-5-8(14-12)9-10(6(2)3)15-16-11(9)13-7/h5-6H,4,12H2,1-3H3,(H,13,14). The second-order valence-electron chi connectivity index (χ2n) is 4.06. The molecule has 2 aromatic heterocycles. The highest BCUT2D eigenvalue weighted by atomic mass is 16.5. The van der Waals surface area contributed by atoms with Crippen LogP contribution in [-0.2, 0) is 6.42 Å². The fourth-order valence-corrected chi connectivity index (χ4v) is 1.71. The first-order chi connectivity index (χ1) is 7.67. The van der Waals surface area contributed by atoms with E-state index in [4.69, 9.17) is 10.4 Å². The minimum absolute atomic E-state index is 0.280. The molecule has 0 bridgehead atoms. The fourth-order valence-electron chi connectivity index (χ4n) is 1.71. The van der Waals surface area contributed by atoms with Gasteiger partial charge in [0.2, 0.25) is 0 Å². The number of hydrogen-bond donors (Lipinski definition) is 2. The summed E-state index contributed by atoms with van der Waals surface area (Å²) in [6, 6.07) is 1.94. The third-order valence-corrected chi connectivity index (χ3v) is 2.59. The Bertz CT molecular complexity index is 504. The zero-order valence-corrected chi connectivity index (χ0v) is 9.74. The number of nitrogen functional groups attached to an aromatic ring is 1. The van der Waals surface area contributed by atoms with Crippen LogP contribution in [0.4, 0.5) is 5.69 Å². The van der Waals surface area contributed by atoms with Gasteiger partial charge in [0.15, 0.2) is 0 Å². The molecule has 0 radical (unpaired) electrons. The zero-order chi connectivity index (χ0) is 11.7. The van der Waals surface area contributed by atoms with Gasteiger partial charge in [-0.05, 0) is 18.4 Å². The number of nitrogens with zero attached hydrogens (tertiary/aromatic N) is 2. The molecule has 0 atom stereocenters. The van der Waals surface area contributed by atoms with Gasteiger partial charge < -0.3 is 9.95 Å². The Morgan fingerprint density at radius 1 is 1.50 bits per heavy atom. The molecule has 2 rings (SSSR count). The molecule has 0 aliphatic carbocycles. The number of pyridine rings is 1. The molecule has 0 aliphatic heterocycles. The lowest BCUT2D eigenvalue weighted by Crippen LogP contribution is -2.08.